The van der Waals surface area contributed by atoms with Crippen LogP contribution in [0.2, 0.25) is 0 Å². The highest BCUT2D eigenvalue weighted by atomic mass is 19.3. The van der Waals surface area contributed by atoms with Crippen LogP contribution in [0, 0.1) is 0 Å². The third-order valence-electron chi connectivity index (χ3n) is 4.23. The Kier molecular flexibility index (Phi) is 6.64. The van der Waals surface area contributed by atoms with Crippen molar-refractivity contribution in [1.29, 1.82) is 0 Å². The Labute approximate surface area is 178 Å². The number of methoxy groups -OCH3 is 2. The molecule has 0 radical (unpaired) electrons. The lowest BCUT2D eigenvalue weighted by Crippen LogP contribution is -2.19. The molecule has 1 heterocycles. The Bertz CT molecular complexity index is 1040. The number of carbonyl (C=O) groups excluding carboxylic acids is 1. The Morgan fingerprint density at radius 3 is 2.26 bits per heavy atom. The monoisotopic (exact) mass is 429 g/mol. The summed E-state index contributed by atoms with van der Waals surface area (Å²) in [5.41, 5.74) is 0.624. The predicted molar refractivity (Wildman–Crippen MR) is 110 cm³/mol. The molecule has 3 aromatic rings. The summed E-state index contributed by atoms with van der Waals surface area (Å²) >= 11 is 0. The van der Waals surface area contributed by atoms with Crippen molar-refractivity contribution < 1.29 is 27.8 Å². The van der Waals surface area contributed by atoms with Gasteiger partial charge in [-0.15, -0.1) is 0 Å². The number of nitrogens with zero attached hydrogens (tertiary/aromatic N) is 2. The predicted octanol–water partition coefficient (Wildman–Crippen LogP) is 4.79. The minimum Gasteiger partial charge on any atom is -0.497 e. The number of alkyl halides is 2. The first-order valence-electron chi connectivity index (χ1n) is 9.30. The fraction of sp³-hybridized carbons (Fsp3) is 0.227. The maximum absolute atomic E-state index is 14.1. The lowest BCUT2D eigenvalue weighted by molar-refractivity contribution is 0.00713. The zero-order chi connectivity index (χ0) is 22.4. The molecule has 0 saturated carbocycles. The molecule has 0 unspecified atom stereocenters. The van der Waals surface area contributed by atoms with Crippen molar-refractivity contribution in [2.75, 3.05) is 19.5 Å². The lowest BCUT2D eigenvalue weighted by Gasteiger charge is -2.17. The van der Waals surface area contributed by atoms with Crippen molar-refractivity contribution in [3.8, 4) is 17.4 Å². The summed E-state index contributed by atoms with van der Waals surface area (Å²) < 4.78 is 43.7. The molecule has 0 fully saturated rings. The molecule has 0 aliphatic rings. The second-order valence-electron chi connectivity index (χ2n) is 6.57. The number of nitrogens with one attached hydrogen (secondary N) is 1. The van der Waals surface area contributed by atoms with Crippen molar-refractivity contribution >= 4 is 11.8 Å². The second-order valence-corrected chi connectivity index (χ2v) is 6.57. The fourth-order valence-electron chi connectivity index (χ4n) is 2.65. The Morgan fingerprint density at radius 1 is 1.00 bits per heavy atom. The summed E-state index contributed by atoms with van der Waals surface area (Å²) in [5.74, 6) is -4.44. The van der Waals surface area contributed by atoms with E-state index in [4.69, 9.17) is 14.2 Å². The van der Waals surface area contributed by atoms with Crippen LogP contribution in [-0.4, -0.2) is 30.2 Å². The molecule has 7 nitrogen and oxygen atoms in total. The number of ether oxygens (including phenoxy) is 3. The number of benzene rings is 2. The summed E-state index contributed by atoms with van der Waals surface area (Å²) in [6.07, 6.45) is 0. The van der Waals surface area contributed by atoms with E-state index in [1.54, 1.807) is 61.7 Å². The number of esters is 1. The van der Waals surface area contributed by atoms with Gasteiger partial charge >= 0.3 is 11.9 Å². The van der Waals surface area contributed by atoms with E-state index in [9.17, 15) is 13.6 Å². The Balaban J connectivity index is 2.03. The van der Waals surface area contributed by atoms with Gasteiger partial charge in [0, 0.05) is 13.5 Å². The van der Waals surface area contributed by atoms with Crippen LogP contribution in [0.4, 0.5) is 14.6 Å². The van der Waals surface area contributed by atoms with E-state index in [0.29, 0.717) is 18.4 Å². The molecule has 0 amide bonds. The van der Waals surface area contributed by atoms with Gasteiger partial charge in [-0.3, -0.25) is 0 Å². The number of aromatic nitrogens is 2. The van der Waals surface area contributed by atoms with E-state index in [0.717, 1.165) is 5.56 Å². The van der Waals surface area contributed by atoms with Gasteiger partial charge in [0.15, 0.2) is 5.56 Å². The van der Waals surface area contributed by atoms with Crippen molar-refractivity contribution in [1.82, 2.24) is 9.97 Å². The normalized spacial score (nSPS) is 11.0. The Hall–Kier alpha value is -3.75. The molecule has 2 aromatic carbocycles. The van der Waals surface area contributed by atoms with Crippen molar-refractivity contribution in [3.05, 3.63) is 71.5 Å². The highest BCUT2D eigenvalue weighted by molar-refractivity contribution is 5.97. The van der Waals surface area contributed by atoms with E-state index in [1.807, 2.05) is 0 Å². The molecule has 162 valence electrons. The number of rotatable bonds is 8. The van der Waals surface area contributed by atoms with Gasteiger partial charge in [0.1, 0.15) is 17.3 Å². The summed E-state index contributed by atoms with van der Waals surface area (Å²) in [6, 6.07) is 15.5. The van der Waals surface area contributed by atoms with Crippen LogP contribution in [0.5, 0.6) is 17.4 Å². The van der Waals surface area contributed by atoms with Crippen LogP contribution in [-0.2, 0) is 17.2 Å². The van der Waals surface area contributed by atoms with Crippen LogP contribution in [0.1, 0.15) is 28.7 Å². The number of halogens is 2. The zero-order valence-corrected chi connectivity index (χ0v) is 17.2. The average molecular weight is 429 g/mol. The van der Waals surface area contributed by atoms with E-state index in [-0.39, 0.29) is 23.8 Å². The van der Waals surface area contributed by atoms with Gasteiger partial charge in [0.25, 0.3) is 0 Å². The molecule has 31 heavy (non-hydrogen) atoms. The standard InChI is InChI=1S/C22H21F2N3O4/c1-22(23,24)21-26-18(25-13-14-9-11-15(29-2)12-10-14)17(20(28)30-3)19(27-21)31-16-7-5-4-6-8-16/h4-12H,13H2,1-3H3,(H,25,26,27). The molecule has 0 aliphatic heterocycles. The number of para-hydroxylation sites is 1. The van der Waals surface area contributed by atoms with Gasteiger partial charge in [-0.25, -0.2) is 9.78 Å². The number of anilines is 1. The molecule has 0 aliphatic carbocycles. The highest BCUT2D eigenvalue weighted by Gasteiger charge is 2.33. The molecule has 1 N–H and O–H groups in total. The fourth-order valence-corrected chi connectivity index (χ4v) is 2.65. The molecule has 0 atom stereocenters. The van der Waals surface area contributed by atoms with Gasteiger partial charge in [-0.1, -0.05) is 30.3 Å². The first-order valence-corrected chi connectivity index (χ1v) is 9.30. The highest BCUT2D eigenvalue weighted by Crippen LogP contribution is 2.33. The van der Waals surface area contributed by atoms with Gasteiger partial charge in [0.05, 0.1) is 14.2 Å². The number of hydrogen-bond acceptors (Lipinski definition) is 7. The average Bonchev–Trinajstić information content (AvgIpc) is 2.77. The molecule has 0 saturated heterocycles. The van der Waals surface area contributed by atoms with Crippen LogP contribution in [0.25, 0.3) is 0 Å². The van der Waals surface area contributed by atoms with Crippen LogP contribution in [0.15, 0.2) is 54.6 Å². The lowest BCUT2D eigenvalue weighted by atomic mass is 10.2. The first-order chi connectivity index (χ1) is 14.8. The van der Waals surface area contributed by atoms with Gasteiger partial charge in [0.2, 0.25) is 11.7 Å². The van der Waals surface area contributed by atoms with Crippen molar-refractivity contribution in [3.63, 3.8) is 0 Å². The van der Waals surface area contributed by atoms with Crippen LogP contribution in [0.3, 0.4) is 0 Å². The van der Waals surface area contributed by atoms with E-state index < -0.39 is 17.7 Å². The summed E-state index contributed by atoms with van der Waals surface area (Å²) in [6.45, 7) is 0.865. The zero-order valence-electron chi connectivity index (χ0n) is 17.2. The number of hydrogen-bond donors (Lipinski definition) is 1. The minimum atomic E-state index is -3.36. The van der Waals surface area contributed by atoms with Crippen molar-refractivity contribution in [2.45, 2.75) is 19.4 Å². The topological polar surface area (TPSA) is 82.6 Å². The molecular weight excluding hydrogens is 408 g/mol. The van der Waals surface area contributed by atoms with Gasteiger partial charge in [-0.2, -0.15) is 13.8 Å². The summed E-state index contributed by atoms with van der Waals surface area (Å²) in [4.78, 5) is 20.2. The summed E-state index contributed by atoms with van der Waals surface area (Å²) in [5, 5.41) is 2.91. The molecular formula is C22H21F2N3O4. The van der Waals surface area contributed by atoms with Gasteiger partial charge < -0.3 is 19.5 Å². The van der Waals surface area contributed by atoms with E-state index >= 15 is 0 Å². The second kappa shape index (κ2) is 9.38. The van der Waals surface area contributed by atoms with Crippen molar-refractivity contribution in [2.24, 2.45) is 0 Å². The first kappa shape index (κ1) is 21.9. The molecule has 0 bridgehead atoms. The largest absolute Gasteiger partial charge is 0.497 e. The van der Waals surface area contributed by atoms with E-state index in [1.165, 1.54) is 7.11 Å². The smallest absolute Gasteiger partial charge is 0.347 e. The Morgan fingerprint density at radius 2 is 1.68 bits per heavy atom. The number of carbonyl (C=O) groups is 1. The van der Waals surface area contributed by atoms with Crippen LogP contribution < -0.4 is 14.8 Å². The maximum Gasteiger partial charge on any atom is 0.347 e. The summed E-state index contributed by atoms with van der Waals surface area (Å²) in [7, 11) is 2.72. The molecule has 9 heteroatoms. The third kappa shape index (κ3) is 5.44. The van der Waals surface area contributed by atoms with Gasteiger partial charge in [-0.05, 0) is 29.8 Å². The third-order valence-corrected chi connectivity index (χ3v) is 4.23. The maximum atomic E-state index is 14.1. The van der Waals surface area contributed by atoms with Crippen LogP contribution >= 0.6 is 0 Å². The molecule has 1 aromatic heterocycles. The quantitative estimate of drug-likeness (QED) is 0.516. The SMILES string of the molecule is COC(=O)c1c(NCc2ccc(OC)cc2)nc(C(C)(F)F)nc1Oc1ccccc1. The van der Waals surface area contributed by atoms with E-state index in [2.05, 4.69) is 15.3 Å². The molecule has 0 spiro atoms. The minimum absolute atomic E-state index is 0.125. The molecule has 3 rings (SSSR count).